The van der Waals surface area contributed by atoms with Gasteiger partial charge in [-0.05, 0) is 42.9 Å². The van der Waals surface area contributed by atoms with E-state index in [1.807, 2.05) is 6.07 Å². The summed E-state index contributed by atoms with van der Waals surface area (Å²) in [5.41, 5.74) is 1.30. The van der Waals surface area contributed by atoms with E-state index in [4.69, 9.17) is 4.74 Å². The quantitative estimate of drug-likeness (QED) is 0.292. The number of likely N-dealkylation sites (tertiary alicyclic amines) is 1. The van der Waals surface area contributed by atoms with E-state index in [1.54, 1.807) is 16.7 Å². The highest BCUT2D eigenvalue weighted by Crippen LogP contribution is 2.27. The van der Waals surface area contributed by atoms with Crippen molar-refractivity contribution in [3.63, 3.8) is 0 Å². The number of rotatable bonds is 13. The monoisotopic (exact) mass is 606 g/mol. The van der Waals surface area contributed by atoms with E-state index in [9.17, 15) is 19.5 Å². The lowest BCUT2D eigenvalue weighted by Gasteiger charge is -2.33. The molecule has 11 heteroatoms. The molecule has 3 atom stereocenters. The van der Waals surface area contributed by atoms with Gasteiger partial charge in [-0.2, -0.15) is 11.8 Å². The fourth-order valence-electron chi connectivity index (χ4n) is 5.80. The Balaban J connectivity index is 1.31. The number of thioether (sulfide) groups is 2. The van der Waals surface area contributed by atoms with Gasteiger partial charge in [0.15, 0.2) is 0 Å². The molecule has 0 radical (unpaired) electrons. The number of esters is 1. The second-order valence-corrected chi connectivity index (χ2v) is 13.5. The number of aliphatic hydroxyl groups excluding tert-OH is 1. The third kappa shape index (κ3) is 10.5. The number of carbonyl (C=O) groups is 3. The van der Waals surface area contributed by atoms with Crippen LogP contribution in [0.3, 0.4) is 0 Å². The Morgan fingerprint density at radius 2 is 1.83 bits per heavy atom. The average molecular weight is 607 g/mol. The maximum absolute atomic E-state index is 13.5. The van der Waals surface area contributed by atoms with Crippen molar-refractivity contribution in [2.24, 2.45) is 5.92 Å². The van der Waals surface area contributed by atoms with Gasteiger partial charge in [-0.3, -0.25) is 24.2 Å². The molecule has 2 amide bonds. The highest BCUT2D eigenvalue weighted by molar-refractivity contribution is 7.99. The standard InChI is InChI=1S/C30H46N4O5S2/c1-22(35)39-17-28(36)34-21-41-20-27(34)30(38)32-26(19-40-18-24-10-6-3-7-11-24)29(37)31-25-12-14-33(15-13-25)16-23-8-4-2-5-9-23/h2,4-5,8-9,24-28,36H,3,6-7,10-21H2,1H3,(H,31,37)(H,32,38)/t26-,27-,28?/m0/s1. The van der Waals surface area contributed by atoms with E-state index in [1.165, 1.54) is 56.4 Å². The number of piperidine rings is 1. The van der Waals surface area contributed by atoms with E-state index in [2.05, 4.69) is 39.8 Å². The summed E-state index contributed by atoms with van der Waals surface area (Å²) in [5, 5.41) is 16.8. The molecule has 3 aliphatic rings. The molecule has 2 heterocycles. The molecule has 1 aromatic carbocycles. The van der Waals surface area contributed by atoms with Crippen LogP contribution in [0.4, 0.5) is 0 Å². The molecule has 0 aromatic heterocycles. The topological polar surface area (TPSA) is 111 Å². The molecule has 0 spiro atoms. The zero-order valence-electron chi connectivity index (χ0n) is 24.2. The number of hydrogen-bond acceptors (Lipinski definition) is 9. The van der Waals surface area contributed by atoms with Gasteiger partial charge in [0.1, 0.15) is 24.9 Å². The fraction of sp³-hybridized carbons (Fsp3) is 0.700. The molecule has 4 rings (SSSR count). The van der Waals surface area contributed by atoms with E-state index < -0.39 is 24.3 Å². The van der Waals surface area contributed by atoms with Gasteiger partial charge < -0.3 is 20.5 Å². The predicted molar refractivity (Wildman–Crippen MR) is 164 cm³/mol. The third-order valence-electron chi connectivity index (χ3n) is 8.22. The second kappa shape index (κ2) is 16.7. The molecule has 41 heavy (non-hydrogen) atoms. The van der Waals surface area contributed by atoms with Gasteiger partial charge in [0.05, 0.1) is 0 Å². The van der Waals surface area contributed by atoms with Crippen molar-refractivity contribution < 1.29 is 24.2 Å². The minimum absolute atomic E-state index is 0.0846. The SMILES string of the molecule is CC(=O)OCC(O)N1CSC[C@H]1C(=O)N[C@@H](CSCC1CCCCC1)C(=O)NC1CCN(Cc2ccccc2)CC1. The van der Waals surface area contributed by atoms with Gasteiger partial charge in [-0.25, -0.2) is 0 Å². The molecule has 228 valence electrons. The minimum atomic E-state index is -1.07. The van der Waals surface area contributed by atoms with Crippen molar-refractivity contribution in [2.45, 2.75) is 82.8 Å². The number of nitrogens with one attached hydrogen (secondary N) is 2. The van der Waals surface area contributed by atoms with Crippen molar-refractivity contribution >= 4 is 41.3 Å². The Labute approximate surface area is 252 Å². The summed E-state index contributed by atoms with van der Waals surface area (Å²) in [5.74, 6) is 2.29. The molecule has 1 aliphatic carbocycles. The van der Waals surface area contributed by atoms with Crippen LogP contribution in [0.2, 0.25) is 0 Å². The van der Waals surface area contributed by atoms with Gasteiger partial charge in [-0.1, -0.05) is 49.6 Å². The van der Waals surface area contributed by atoms with E-state index in [0.29, 0.717) is 23.3 Å². The van der Waals surface area contributed by atoms with Crippen LogP contribution in [-0.2, 0) is 25.7 Å². The first-order chi connectivity index (χ1) is 19.9. The zero-order valence-corrected chi connectivity index (χ0v) is 25.8. The van der Waals surface area contributed by atoms with Crippen LogP contribution in [0.15, 0.2) is 30.3 Å². The Bertz CT molecular complexity index is 973. The highest BCUT2D eigenvalue weighted by atomic mass is 32.2. The Hall–Kier alpha value is -1.79. The van der Waals surface area contributed by atoms with Crippen LogP contribution in [0, 0.1) is 5.92 Å². The largest absolute Gasteiger partial charge is 0.462 e. The maximum Gasteiger partial charge on any atom is 0.302 e. The molecule has 9 nitrogen and oxygen atoms in total. The first-order valence-electron chi connectivity index (χ1n) is 15.0. The summed E-state index contributed by atoms with van der Waals surface area (Å²) < 4.78 is 4.96. The van der Waals surface area contributed by atoms with Crippen LogP contribution >= 0.6 is 23.5 Å². The van der Waals surface area contributed by atoms with Crippen molar-refractivity contribution in [3.8, 4) is 0 Å². The molecule has 1 aromatic rings. The first kappa shape index (κ1) is 32.1. The van der Waals surface area contributed by atoms with E-state index >= 15 is 0 Å². The number of amides is 2. The molecule has 0 bridgehead atoms. The Morgan fingerprint density at radius 3 is 2.54 bits per heavy atom. The summed E-state index contributed by atoms with van der Waals surface area (Å²) >= 11 is 3.29. The molecule has 3 N–H and O–H groups in total. The highest BCUT2D eigenvalue weighted by Gasteiger charge is 2.37. The molecule has 1 saturated carbocycles. The van der Waals surface area contributed by atoms with E-state index in [-0.39, 0.29) is 24.5 Å². The lowest BCUT2D eigenvalue weighted by Crippen LogP contribution is -2.57. The summed E-state index contributed by atoms with van der Waals surface area (Å²) in [4.78, 5) is 42.2. The van der Waals surface area contributed by atoms with Crippen LogP contribution in [-0.4, -0.2) is 99.9 Å². The second-order valence-electron chi connectivity index (χ2n) is 11.5. The lowest BCUT2D eigenvalue weighted by molar-refractivity contribution is -0.150. The van der Waals surface area contributed by atoms with Gasteiger partial charge in [-0.15, -0.1) is 11.8 Å². The fourth-order valence-corrected chi connectivity index (χ4v) is 8.31. The number of carbonyl (C=O) groups excluding carboxylic acids is 3. The first-order valence-corrected chi connectivity index (χ1v) is 17.3. The van der Waals surface area contributed by atoms with Crippen molar-refractivity contribution in [1.29, 1.82) is 0 Å². The summed E-state index contributed by atoms with van der Waals surface area (Å²) in [6.07, 6.45) is 7.04. The molecular formula is C30H46N4O5S2. The van der Waals surface area contributed by atoms with Crippen molar-refractivity contribution in [2.75, 3.05) is 42.8 Å². The van der Waals surface area contributed by atoms with Gasteiger partial charge in [0.25, 0.3) is 0 Å². The number of aliphatic hydroxyl groups is 1. The molecule has 1 unspecified atom stereocenters. The Kier molecular flexibility index (Phi) is 13.1. The summed E-state index contributed by atoms with van der Waals surface area (Å²) in [6.45, 7) is 3.85. The van der Waals surface area contributed by atoms with Crippen molar-refractivity contribution in [1.82, 2.24) is 20.4 Å². The molecule has 2 aliphatic heterocycles. The zero-order chi connectivity index (χ0) is 29.0. The van der Waals surface area contributed by atoms with Gasteiger partial charge >= 0.3 is 5.97 Å². The summed E-state index contributed by atoms with van der Waals surface area (Å²) in [6, 6.07) is 9.29. The van der Waals surface area contributed by atoms with Crippen molar-refractivity contribution in [3.05, 3.63) is 35.9 Å². The molecule has 3 fully saturated rings. The number of hydrogen-bond donors (Lipinski definition) is 3. The number of ether oxygens (including phenoxy) is 1. The van der Waals surface area contributed by atoms with E-state index in [0.717, 1.165) is 38.2 Å². The average Bonchev–Trinajstić information content (AvgIpc) is 3.48. The number of benzene rings is 1. The predicted octanol–water partition coefficient (Wildman–Crippen LogP) is 2.82. The summed E-state index contributed by atoms with van der Waals surface area (Å²) in [7, 11) is 0. The Morgan fingerprint density at radius 1 is 1.10 bits per heavy atom. The van der Waals surface area contributed by atoms with Crippen LogP contribution in [0.5, 0.6) is 0 Å². The maximum atomic E-state index is 13.5. The molecule has 2 saturated heterocycles. The lowest BCUT2D eigenvalue weighted by atomic mass is 9.91. The minimum Gasteiger partial charge on any atom is -0.462 e. The van der Waals surface area contributed by atoms with Crippen LogP contribution < -0.4 is 10.6 Å². The van der Waals surface area contributed by atoms with Crippen LogP contribution in [0.25, 0.3) is 0 Å². The molecular weight excluding hydrogens is 560 g/mol. The van der Waals surface area contributed by atoms with Gasteiger partial charge in [0.2, 0.25) is 11.8 Å². The number of nitrogens with zero attached hydrogens (tertiary/aromatic N) is 2. The third-order valence-corrected chi connectivity index (χ3v) is 10.5. The smallest absolute Gasteiger partial charge is 0.302 e. The normalized spacial score (nSPS) is 22.6. The van der Waals surface area contributed by atoms with Gasteiger partial charge in [0, 0.05) is 50.0 Å². The van der Waals surface area contributed by atoms with Crippen LogP contribution in [0.1, 0.15) is 57.4 Å².